The number of aliphatic hydroxyl groups is 1. The molecule has 5 nitrogen and oxygen atoms in total. The number of guanidine groups is 1. The molecule has 1 saturated heterocycles. The van der Waals surface area contributed by atoms with E-state index in [-0.39, 0.29) is 6.61 Å². The summed E-state index contributed by atoms with van der Waals surface area (Å²) in [7, 11) is 0. The largest absolute Gasteiger partial charge is 0.392 e. The van der Waals surface area contributed by atoms with Crippen LogP contribution in [0.2, 0.25) is 0 Å². The molecule has 5 heteroatoms. The Hall–Kier alpha value is -1.59. The fourth-order valence-corrected chi connectivity index (χ4v) is 3.23. The van der Waals surface area contributed by atoms with E-state index in [1.54, 1.807) is 0 Å². The van der Waals surface area contributed by atoms with E-state index in [1.807, 2.05) is 24.3 Å². The molecule has 0 radical (unpaired) electrons. The molecule has 1 aromatic rings. The van der Waals surface area contributed by atoms with E-state index in [9.17, 15) is 5.11 Å². The molecule has 1 aromatic carbocycles. The lowest BCUT2D eigenvalue weighted by molar-refractivity contribution is 0.203. The van der Waals surface area contributed by atoms with E-state index in [1.165, 1.54) is 45.3 Å². The number of aliphatic imine (C=N–C) groups is 1. The number of rotatable bonds is 8. The van der Waals surface area contributed by atoms with Gasteiger partial charge in [0.05, 0.1) is 13.2 Å². The molecular formula is C20H34N4O. The Morgan fingerprint density at radius 1 is 1.20 bits per heavy atom. The van der Waals surface area contributed by atoms with Crippen LogP contribution in [0.4, 0.5) is 0 Å². The summed E-state index contributed by atoms with van der Waals surface area (Å²) in [5.74, 6) is 0.877. The third kappa shape index (κ3) is 6.67. The van der Waals surface area contributed by atoms with Gasteiger partial charge in [-0.2, -0.15) is 0 Å². The number of hydrogen-bond acceptors (Lipinski definition) is 3. The Kier molecular flexibility index (Phi) is 8.77. The highest BCUT2D eigenvalue weighted by atomic mass is 16.3. The molecule has 1 aliphatic rings. The van der Waals surface area contributed by atoms with Gasteiger partial charge in [-0.05, 0) is 43.9 Å². The van der Waals surface area contributed by atoms with Crippen LogP contribution in [0.1, 0.15) is 50.7 Å². The minimum Gasteiger partial charge on any atom is -0.392 e. The van der Waals surface area contributed by atoms with Gasteiger partial charge in [-0.15, -0.1) is 0 Å². The summed E-state index contributed by atoms with van der Waals surface area (Å²) in [4.78, 5) is 7.30. The molecule has 0 aromatic heterocycles. The first-order chi connectivity index (χ1) is 12.3. The molecule has 2 rings (SSSR count). The number of nitrogens with one attached hydrogen (secondary N) is 2. The third-order valence-electron chi connectivity index (χ3n) is 4.80. The van der Waals surface area contributed by atoms with Crippen molar-refractivity contribution in [3.63, 3.8) is 0 Å². The molecule has 25 heavy (non-hydrogen) atoms. The summed E-state index contributed by atoms with van der Waals surface area (Å²) in [6, 6.07) is 8.43. The molecule has 140 valence electrons. The molecule has 0 saturated carbocycles. The molecule has 0 spiro atoms. The van der Waals surface area contributed by atoms with Crippen molar-refractivity contribution in [1.29, 1.82) is 0 Å². The number of unbranched alkanes of at least 4 members (excludes halogenated alkanes) is 1. The number of aliphatic hydroxyl groups excluding tert-OH is 1. The molecule has 3 N–H and O–H groups in total. The zero-order chi connectivity index (χ0) is 17.9. The van der Waals surface area contributed by atoms with Crippen LogP contribution in [0, 0.1) is 0 Å². The van der Waals surface area contributed by atoms with Gasteiger partial charge in [-0.1, -0.05) is 37.6 Å². The Balaban J connectivity index is 1.88. The van der Waals surface area contributed by atoms with Gasteiger partial charge in [-0.25, -0.2) is 4.99 Å². The Morgan fingerprint density at radius 2 is 1.92 bits per heavy atom. The highest BCUT2D eigenvalue weighted by Crippen LogP contribution is 2.12. The molecule has 1 aliphatic heterocycles. The second-order valence-electron chi connectivity index (χ2n) is 6.74. The van der Waals surface area contributed by atoms with Crippen LogP contribution in [-0.2, 0) is 13.2 Å². The van der Waals surface area contributed by atoms with Crippen molar-refractivity contribution in [2.24, 2.45) is 4.99 Å². The molecule has 1 heterocycles. The van der Waals surface area contributed by atoms with Crippen molar-refractivity contribution in [1.82, 2.24) is 15.5 Å². The molecule has 0 amide bonds. The summed E-state index contributed by atoms with van der Waals surface area (Å²) < 4.78 is 0. The smallest absolute Gasteiger partial charge is 0.191 e. The second kappa shape index (κ2) is 11.1. The number of nitrogens with zero attached hydrogens (tertiary/aromatic N) is 2. The summed E-state index contributed by atoms with van der Waals surface area (Å²) in [5.41, 5.74) is 2.03. The van der Waals surface area contributed by atoms with Gasteiger partial charge in [-0.3, -0.25) is 0 Å². The second-order valence-corrected chi connectivity index (χ2v) is 6.74. The Labute approximate surface area is 152 Å². The average molecular weight is 347 g/mol. The quantitative estimate of drug-likeness (QED) is 0.500. The predicted molar refractivity (Wildman–Crippen MR) is 105 cm³/mol. The number of benzene rings is 1. The first-order valence-corrected chi connectivity index (χ1v) is 9.71. The fraction of sp³-hybridized carbons (Fsp3) is 0.650. The van der Waals surface area contributed by atoms with Crippen molar-refractivity contribution >= 4 is 5.96 Å². The van der Waals surface area contributed by atoms with E-state index < -0.39 is 0 Å². The van der Waals surface area contributed by atoms with Gasteiger partial charge in [0, 0.05) is 25.7 Å². The van der Waals surface area contributed by atoms with Gasteiger partial charge in [0.2, 0.25) is 0 Å². The van der Waals surface area contributed by atoms with Crippen LogP contribution in [0.25, 0.3) is 0 Å². The highest BCUT2D eigenvalue weighted by molar-refractivity contribution is 5.80. The van der Waals surface area contributed by atoms with Crippen molar-refractivity contribution in [3.05, 3.63) is 35.4 Å². The maximum Gasteiger partial charge on any atom is 0.191 e. The van der Waals surface area contributed by atoms with Gasteiger partial charge < -0.3 is 20.6 Å². The lowest BCUT2D eigenvalue weighted by Crippen LogP contribution is -2.48. The predicted octanol–water partition coefficient (Wildman–Crippen LogP) is 2.50. The van der Waals surface area contributed by atoms with Crippen LogP contribution in [0.15, 0.2) is 29.3 Å². The molecule has 1 fully saturated rings. The minimum atomic E-state index is 0.0614. The van der Waals surface area contributed by atoms with Crippen molar-refractivity contribution < 1.29 is 5.11 Å². The van der Waals surface area contributed by atoms with E-state index in [4.69, 9.17) is 4.99 Å². The van der Waals surface area contributed by atoms with Crippen molar-refractivity contribution in [2.75, 3.05) is 26.2 Å². The van der Waals surface area contributed by atoms with Gasteiger partial charge in [0.15, 0.2) is 5.96 Å². The van der Waals surface area contributed by atoms with Gasteiger partial charge >= 0.3 is 0 Å². The third-order valence-corrected chi connectivity index (χ3v) is 4.80. The highest BCUT2D eigenvalue weighted by Gasteiger charge is 2.19. The average Bonchev–Trinajstić information content (AvgIpc) is 2.66. The first kappa shape index (κ1) is 19.7. The summed E-state index contributed by atoms with van der Waals surface area (Å²) in [6.45, 7) is 9.41. The van der Waals surface area contributed by atoms with E-state index >= 15 is 0 Å². The van der Waals surface area contributed by atoms with Crippen molar-refractivity contribution in [2.45, 2.75) is 58.7 Å². The number of hydrogen-bond donors (Lipinski definition) is 3. The van der Waals surface area contributed by atoms with Crippen LogP contribution in [-0.4, -0.2) is 48.2 Å². The molecule has 0 atom stereocenters. The normalized spacial score (nSPS) is 16.8. The van der Waals surface area contributed by atoms with Crippen LogP contribution in [0.3, 0.4) is 0 Å². The van der Waals surface area contributed by atoms with Crippen LogP contribution >= 0.6 is 0 Å². The summed E-state index contributed by atoms with van der Waals surface area (Å²) in [6.07, 6.45) is 4.90. The van der Waals surface area contributed by atoms with Gasteiger partial charge in [0.1, 0.15) is 0 Å². The topological polar surface area (TPSA) is 59.9 Å². The van der Waals surface area contributed by atoms with Crippen molar-refractivity contribution in [3.8, 4) is 0 Å². The molecule has 0 aliphatic carbocycles. The van der Waals surface area contributed by atoms with E-state index in [0.29, 0.717) is 12.6 Å². The minimum absolute atomic E-state index is 0.0614. The molecule has 0 unspecified atom stereocenters. The lowest BCUT2D eigenvalue weighted by Gasteiger charge is -2.33. The van der Waals surface area contributed by atoms with Crippen LogP contribution < -0.4 is 10.6 Å². The molecule has 0 bridgehead atoms. The summed E-state index contributed by atoms with van der Waals surface area (Å²) in [5, 5.41) is 16.4. The Morgan fingerprint density at radius 3 is 2.56 bits per heavy atom. The monoisotopic (exact) mass is 346 g/mol. The van der Waals surface area contributed by atoms with Crippen LogP contribution in [0.5, 0.6) is 0 Å². The maximum atomic E-state index is 9.45. The van der Waals surface area contributed by atoms with E-state index in [0.717, 1.165) is 23.6 Å². The standard InChI is InChI=1S/C20H34N4O/c1-3-5-12-24-13-10-19(11-14-24)23-20(21-4-2)22-15-17-8-6-7-9-18(17)16-25/h6-9,19,25H,3-5,10-16H2,1-2H3,(H2,21,22,23). The first-order valence-electron chi connectivity index (χ1n) is 9.71. The molecular weight excluding hydrogens is 312 g/mol. The van der Waals surface area contributed by atoms with E-state index in [2.05, 4.69) is 29.4 Å². The number of piperidine rings is 1. The maximum absolute atomic E-state index is 9.45. The lowest BCUT2D eigenvalue weighted by atomic mass is 10.0. The fourth-order valence-electron chi connectivity index (χ4n) is 3.23. The zero-order valence-corrected chi connectivity index (χ0v) is 15.8. The summed E-state index contributed by atoms with van der Waals surface area (Å²) >= 11 is 0. The zero-order valence-electron chi connectivity index (χ0n) is 15.8. The SMILES string of the molecule is CCCCN1CCC(NC(=NCc2ccccc2CO)NCC)CC1. The van der Waals surface area contributed by atoms with Gasteiger partial charge in [0.25, 0.3) is 0 Å². The Bertz CT molecular complexity index is 524. The number of likely N-dealkylation sites (tertiary alicyclic amines) is 1.